The van der Waals surface area contributed by atoms with E-state index in [9.17, 15) is 9.59 Å². The van der Waals surface area contributed by atoms with Crippen molar-refractivity contribution in [2.24, 2.45) is 5.92 Å². The molecule has 0 aliphatic carbocycles. The molecule has 1 aromatic carbocycles. The summed E-state index contributed by atoms with van der Waals surface area (Å²) >= 11 is 0. The van der Waals surface area contributed by atoms with Gasteiger partial charge in [0.05, 0.1) is 6.61 Å². The predicted octanol–water partition coefficient (Wildman–Crippen LogP) is 1.31. The van der Waals surface area contributed by atoms with Crippen LogP contribution in [0.3, 0.4) is 0 Å². The van der Waals surface area contributed by atoms with E-state index in [-0.39, 0.29) is 29.8 Å². The number of rotatable bonds is 6. The lowest BCUT2D eigenvalue weighted by Crippen LogP contribution is -2.28. The van der Waals surface area contributed by atoms with Crippen molar-refractivity contribution in [2.75, 3.05) is 25.4 Å². The van der Waals surface area contributed by atoms with Gasteiger partial charge in [0.2, 0.25) is 5.91 Å². The second-order valence-electron chi connectivity index (χ2n) is 6.07. The number of aromatic nitrogens is 2. The molecule has 1 aliphatic heterocycles. The van der Waals surface area contributed by atoms with Gasteiger partial charge in [0.15, 0.2) is 0 Å². The molecule has 25 heavy (non-hydrogen) atoms. The van der Waals surface area contributed by atoms with Gasteiger partial charge in [0.1, 0.15) is 17.7 Å². The van der Waals surface area contributed by atoms with E-state index in [1.54, 1.807) is 0 Å². The summed E-state index contributed by atoms with van der Waals surface area (Å²) in [4.78, 5) is 33.5. The summed E-state index contributed by atoms with van der Waals surface area (Å²) in [5.41, 5.74) is 6.97. The highest BCUT2D eigenvalue weighted by atomic mass is 16.5. The number of nitrogens with zero attached hydrogens (tertiary/aromatic N) is 3. The smallest absolute Gasteiger partial charge is 0.343 e. The summed E-state index contributed by atoms with van der Waals surface area (Å²) in [5.74, 6) is -0.377. The highest BCUT2D eigenvalue weighted by Gasteiger charge is 2.30. The van der Waals surface area contributed by atoms with Crippen molar-refractivity contribution in [3.63, 3.8) is 0 Å². The third-order valence-corrected chi connectivity index (χ3v) is 4.22. The van der Waals surface area contributed by atoms with Crippen LogP contribution in [0.25, 0.3) is 0 Å². The zero-order chi connectivity index (χ0) is 17.6. The SMILES string of the molecule is Nc1ncncc1C(=O)OC[C@@H]1CC(=O)N(CCc2ccccc2)C1. The molecule has 0 unspecified atom stereocenters. The Morgan fingerprint density at radius 1 is 1.32 bits per heavy atom. The van der Waals surface area contributed by atoms with Crippen LogP contribution in [0, 0.1) is 5.92 Å². The molecule has 1 saturated heterocycles. The second-order valence-corrected chi connectivity index (χ2v) is 6.07. The molecular formula is C18H20N4O3. The molecule has 1 aromatic heterocycles. The summed E-state index contributed by atoms with van der Waals surface area (Å²) in [6.07, 6.45) is 3.81. The van der Waals surface area contributed by atoms with Crippen LogP contribution in [-0.2, 0) is 16.0 Å². The van der Waals surface area contributed by atoms with E-state index in [1.807, 2.05) is 35.2 Å². The number of anilines is 1. The Balaban J connectivity index is 1.48. The maximum Gasteiger partial charge on any atom is 0.343 e. The summed E-state index contributed by atoms with van der Waals surface area (Å²) < 4.78 is 5.27. The monoisotopic (exact) mass is 340 g/mol. The molecular weight excluding hydrogens is 320 g/mol. The van der Waals surface area contributed by atoms with Crippen LogP contribution in [0.15, 0.2) is 42.9 Å². The maximum atomic E-state index is 12.1. The summed E-state index contributed by atoms with van der Waals surface area (Å²) in [7, 11) is 0. The van der Waals surface area contributed by atoms with Crippen molar-refractivity contribution in [1.82, 2.24) is 14.9 Å². The fraction of sp³-hybridized carbons (Fsp3) is 0.333. The molecule has 1 atom stereocenters. The van der Waals surface area contributed by atoms with Crippen LogP contribution in [-0.4, -0.2) is 46.4 Å². The lowest BCUT2D eigenvalue weighted by atomic mass is 10.1. The van der Waals surface area contributed by atoms with Gasteiger partial charge in [-0.25, -0.2) is 14.8 Å². The molecule has 1 fully saturated rings. The Kier molecular flexibility index (Phi) is 5.23. The molecule has 0 bridgehead atoms. The molecule has 7 nitrogen and oxygen atoms in total. The van der Waals surface area contributed by atoms with Gasteiger partial charge in [-0.15, -0.1) is 0 Å². The van der Waals surface area contributed by atoms with Gasteiger partial charge in [-0.2, -0.15) is 0 Å². The first-order chi connectivity index (χ1) is 12.1. The molecule has 0 saturated carbocycles. The number of benzene rings is 1. The summed E-state index contributed by atoms with van der Waals surface area (Å²) in [6, 6.07) is 10.0. The van der Waals surface area contributed by atoms with Crippen LogP contribution >= 0.6 is 0 Å². The maximum absolute atomic E-state index is 12.1. The van der Waals surface area contributed by atoms with Gasteiger partial charge in [-0.3, -0.25) is 4.79 Å². The largest absolute Gasteiger partial charge is 0.462 e. The minimum absolute atomic E-state index is 0.00178. The van der Waals surface area contributed by atoms with E-state index in [0.717, 1.165) is 6.42 Å². The van der Waals surface area contributed by atoms with E-state index >= 15 is 0 Å². The third kappa shape index (κ3) is 4.32. The van der Waals surface area contributed by atoms with Crippen molar-refractivity contribution >= 4 is 17.7 Å². The van der Waals surface area contributed by atoms with E-state index in [0.29, 0.717) is 19.5 Å². The average molecular weight is 340 g/mol. The average Bonchev–Trinajstić information content (AvgIpc) is 2.99. The van der Waals surface area contributed by atoms with Gasteiger partial charge in [-0.1, -0.05) is 30.3 Å². The Morgan fingerprint density at radius 3 is 2.88 bits per heavy atom. The van der Waals surface area contributed by atoms with E-state index in [1.165, 1.54) is 18.1 Å². The predicted molar refractivity (Wildman–Crippen MR) is 91.6 cm³/mol. The fourth-order valence-electron chi connectivity index (χ4n) is 2.86. The Labute approximate surface area is 145 Å². The van der Waals surface area contributed by atoms with E-state index in [2.05, 4.69) is 9.97 Å². The van der Waals surface area contributed by atoms with Gasteiger partial charge in [0.25, 0.3) is 0 Å². The Bertz CT molecular complexity index is 751. The minimum atomic E-state index is -0.562. The number of likely N-dealkylation sites (tertiary alicyclic amines) is 1. The van der Waals surface area contributed by atoms with Crippen molar-refractivity contribution < 1.29 is 14.3 Å². The molecule has 130 valence electrons. The number of ether oxygens (including phenoxy) is 1. The standard InChI is InChI=1S/C18H20N4O3/c19-17-15(9-20-12-21-17)18(24)25-11-14-8-16(23)22(10-14)7-6-13-4-2-1-3-5-13/h1-5,9,12,14H,6-8,10-11H2,(H2,19,20,21)/t14-/m1/s1. The summed E-state index contributed by atoms with van der Waals surface area (Å²) in [6.45, 7) is 1.45. The quantitative estimate of drug-likeness (QED) is 0.796. The first kappa shape index (κ1) is 16.9. The molecule has 0 radical (unpaired) electrons. The third-order valence-electron chi connectivity index (χ3n) is 4.22. The van der Waals surface area contributed by atoms with Gasteiger partial charge < -0.3 is 15.4 Å². The number of hydrogen-bond donors (Lipinski definition) is 1. The number of carbonyl (C=O) groups excluding carboxylic acids is 2. The van der Waals surface area contributed by atoms with Crippen molar-refractivity contribution in [3.8, 4) is 0 Å². The Hall–Kier alpha value is -2.96. The number of nitrogens with two attached hydrogens (primary N) is 1. The lowest BCUT2D eigenvalue weighted by molar-refractivity contribution is -0.127. The highest BCUT2D eigenvalue weighted by Crippen LogP contribution is 2.19. The van der Waals surface area contributed by atoms with Gasteiger partial charge >= 0.3 is 5.97 Å². The van der Waals surface area contributed by atoms with Crippen molar-refractivity contribution in [2.45, 2.75) is 12.8 Å². The molecule has 2 N–H and O–H groups in total. The fourth-order valence-corrected chi connectivity index (χ4v) is 2.86. The second kappa shape index (κ2) is 7.74. The number of esters is 1. The molecule has 3 rings (SSSR count). The molecule has 2 heterocycles. The number of nitrogen functional groups attached to an aromatic ring is 1. The van der Waals surface area contributed by atoms with Gasteiger partial charge in [-0.05, 0) is 12.0 Å². The van der Waals surface area contributed by atoms with E-state index in [4.69, 9.17) is 10.5 Å². The van der Waals surface area contributed by atoms with Crippen LogP contribution in [0.1, 0.15) is 22.3 Å². The zero-order valence-corrected chi connectivity index (χ0v) is 13.8. The minimum Gasteiger partial charge on any atom is -0.462 e. The van der Waals surface area contributed by atoms with Crippen LogP contribution < -0.4 is 5.73 Å². The molecule has 2 aromatic rings. The molecule has 1 aliphatic rings. The summed E-state index contributed by atoms with van der Waals surface area (Å²) in [5, 5.41) is 0. The topological polar surface area (TPSA) is 98.4 Å². The lowest BCUT2D eigenvalue weighted by Gasteiger charge is -2.16. The molecule has 7 heteroatoms. The van der Waals surface area contributed by atoms with E-state index < -0.39 is 5.97 Å². The first-order valence-electron chi connectivity index (χ1n) is 8.18. The van der Waals surface area contributed by atoms with Gasteiger partial charge in [0, 0.05) is 31.6 Å². The van der Waals surface area contributed by atoms with Crippen LogP contribution in [0.4, 0.5) is 5.82 Å². The number of carbonyl (C=O) groups is 2. The molecule has 0 spiro atoms. The normalized spacial score (nSPS) is 16.9. The zero-order valence-electron chi connectivity index (χ0n) is 13.8. The number of hydrogen-bond acceptors (Lipinski definition) is 6. The van der Waals surface area contributed by atoms with Crippen LogP contribution in [0.5, 0.6) is 0 Å². The van der Waals surface area contributed by atoms with Crippen molar-refractivity contribution in [3.05, 3.63) is 54.0 Å². The highest BCUT2D eigenvalue weighted by molar-refractivity contribution is 5.93. The van der Waals surface area contributed by atoms with Crippen molar-refractivity contribution in [1.29, 1.82) is 0 Å². The van der Waals surface area contributed by atoms with Crippen LogP contribution in [0.2, 0.25) is 0 Å². The molecule has 1 amide bonds. The first-order valence-corrected chi connectivity index (χ1v) is 8.18. The number of amides is 1. The Morgan fingerprint density at radius 2 is 2.12 bits per heavy atom.